The topological polar surface area (TPSA) is 100.0 Å². The molecule has 0 radical (unpaired) electrons. The minimum absolute atomic E-state index is 0.00213. The van der Waals surface area contributed by atoms with Crippen LogP contribution in [0, 0.1) is 22.7 Å². The highest BCUT2D eigenvalue weighted by Crippen LogP contribution is 2.44. The number of rotatable bonds is 2. The lowest BCUT2D eigenvalue weighted by Crippen LogP contribution is -2.34. The summed E-state index contributed by atoms with van der Waals surface area (Å²) >= 11 is 0. The molecule has 5 rings (SSSR count). The van der Waals surface area contributed by atoms with Crippen LogP contribution in [0.5, 0.6) is 0 Å². The number of hydrogen-bond acceptors (Lipinski definition) is 6. The molecule has 0 unspecified atom stereocenters. The van der Waals surface area contributed by atoms with Gasteiger partial charge in [0, 0.05) is 29.9 Å². The van der Waals surface area contributed by atoms with Gasteiger partial charge in [0.05, 0.1) is 11.5 Å². The van der Waals surface area contributed by atoms with Crippen LogP contribution in [0.1, 0.15) is 30.7 Å². The lowest BCUT2D eigenvalue weighted by Gasteiger charge is -2.34. The van der Waals surface area contributed by atoms with Gasteiger partial charge in [-0.1, -0.05) is 41.6 Å². The minimum atomic E-state index is -0.840. The molecule has 6 nitrogen and oxygen atoms in total. The van der Waals surface area contributed by atoms with E-state index < -0.39 is 11.8 Å². The summed E-state index contributed by atoms with van der Waals surface area (Å²) in [5, 5.41) is 22.9. The second kappa shape index (κ2) is 6.71. The molecule has 29 heavy (non-hydrogen) atoms. The average molecular weight is 383 g/mol. The van der Waals surface area contributed by atoms with Gasteiger partial charge in [0.25, 0.3) is 0 Å². The minimum Gasteiger partial charge on any atom is -0.446 e. The van der Waals surface area contributed by atoms with Crippen molar-refractivity contribution in [1.29, 1.82) is 10.7 Å². The Bertz CT molecular complexity index is 1220. The standard InChI is InChI=1S/C23H17N3O3/c24-12-16-20(21-18(27)7-4-8-19(21)28-23(16)25)14-9-10-17-15(11-14)22(29-26-17)13-5-2-1-3-6-13/h1-3,5-6,9-11,16,20,25H,4,7-8H2/t16-,20-/m0/s1. The third kappa shape index (κ3) is 2.74. The molecule has 2 heterocycles. The molecule has 6 heteroatoms. The largest absolute Gasteiger partial charge is 0.446 e. The summed E-state index contributed by atoms with van der Waals surface area (Å²) in [7, 11) is 0. The number of ketones is 1. The zero-order chi connectivity index (χ0) is 20.0. The van der Waals surface area contributed by atoms with Gasteiger partial charge in [-0.2, -0.15) is 5.26 Å². The molecule has 1 aromatic heterocycles. The van der Waals surface area contributed by atoms with E-state index in [0.29, 0.717) is 41.9 Å². The summed E-state index contributed by atoms with van der Waals surface area (Å²) in [6, 6.07) is 17.5. The van der Waals surface area contributed by atoms with Gasteiger partial charge in [-0.25, -0.2) is 0 Å². The smallest absolute Gasteiger partial charge is 0.205 e. The van der Waals surface area contributed by atoms with E-state index in [1.54, 1.807) is 0 Å². The predicted octanol–water partition coefficient (Wildman–Crippen LogP) is 4.73. The van der Waals surface area contributed by atoms with E-state index in [1.807, 2.05) is 48.5 Å². The fourth-order valence-electron chi connectivity index (χ4n) is 4.24. The van der Waals surface area contributed by atoms with Crippen molar-refractivity contribution in [2.45, 2.75) is 25.2 Å². The van der Waals surface area contributed by atoms with Gasteiger partial charge < -0.3 is 9.26 Å². The first-order chi connectivity index (χ1) is 14.2. The molecule has 1 aliphatic carbocycles. The highest BCUT2D eigenvalue weighted by molar-refractivity contribution is 6.02. The number of aromatic nitrogens is 1. The Hall–Kier alpha value is -3.72. The first-order valence-corrected chi connectivity index (χ1v) is 9.54. The third-order valence-corrected chi connectivity index (χ3v) is 5.60. The predicted molar refractivity (Wildman–Crippen MR) is 106 cm³/mol. The van der Waals surface area contributed by atoms with Crippen LogP contribution in [0.15, 0.2) is 64.4 Å². The fraction of sp³-hybridized carbons (Fsp3) is 0.217. The summed E-state index contributed by atoms with van der Waals surface area (Å²) in [6.45, 7) is 0. The van der Waals surface area contributed by atoms with Crippen LogP contribution in [0.4, 0.5) is 0 Å². The van der Waals surface area contributed by atoms with E-state index in [0.717, 1.165) is 16.5 Å². The summed E-state index contributed by atoms with van der Waals surface area (Å²) in [5.41, 5.74) is 2.93. The van der Waals surface area contributed by atoms with Gasteiger partial charge in [0.1, 0.15) is 17.2 Å². The van der Waals surface area contributed by atoms with E-state index in [9.17, 15) is 10.1 Å². The summed E-state index contributed by atoms with van der Waals surface area (Å²) in [5.74, 6) is -0.281. The molecule has 0 amide bonds. The van der Waals surface area contributed by atoms with Gasteiger partial charge in [-0.3, -0.25) is 10.2 Å². The van der Waals surface area contributed by atoms with Crippen molar-refractivity contribution >= 4 is 22.6 Å². The zero-order valence-electron chi connectivity index (χ0n) is 15.5. The number of Topliss-reactive ketones (excluding diaryl/α,β-unsaturated/α-hetero) is 1. The first kappa shape index (κ1) is 17.4. The van der Waals surface area contributed by atoms with Crippen molar-refractivity contribution in [2.75, 3.05) is 0 Å². The summed E-state index contributed by atoms with van der Waals surface area (Å²) < 4.78 is 11.2. The number of carbonyl (C=O) groups excluding carboxylic acids is 1. The third-order valence-electron chi connectivity index (χ3n) is 5.60. The van der Waals surface area contributed by atoms with E-state index in [4.69, 9.17) is 14.7 Å². The van der Waals surface area contributed by atoms with Gasteiger partial charge in [-0.15, -0.1) is 0 Å². The van der Waals surface area contributed by atoms with Crippen molar-refractivity contribution < 1.29 is 14.1 Å². The van der Waals surface area contributed by atoms with Crippen LogP contribution in [0.2, 0.25) is 0 Å². The normalized spacial score (nSPS) is 21.6. The van der Waals surface area contributed by atoms with Crippen LogP contribution < -0.4 is 0 Å². The summed E-state index contributed by atoms with van der Waals surface area (Å²) in [4.78, 5) is 12.7. The van der Waals surface area contributed by atoms with Crippen LogP contribution >= 0.6 is 0 Å². The number of ether oxygens (including phenoxy) is 1. The van der Waals surface area contributed by atoms with Gasteiger partial charge >= 0.3 is 0 Å². The Morgan fingerprint density at radius 1 is 1.14 bits per heavy atom. The number of nitriles is 1. The van der Waals surface area contributed by atoms with Crippen molar-refractivity contribution in [3.05, 3.63) is 65.4 Å². The van der Waals surface area contributed by atoms with E-state index in [2.05, 4.69) is 11.2 Å². The highest BCUT2D eigenvalue weighted by atomic mass is 16.5. The average Bonchev–Trinajstić information content (AvgIpc) is 3.17. The van der Waals surface area contributed by atoms with Crippen LogP contribution in [-0.4, -0.2) is 16.8 Å². The zero-order valence-corrected chi connectivity index (χ0v) is 15.5. The van der Waals surface area contributed by atoms with E-state index in [-0.39, 0.29) is 11.7 Å². The van der Waals surface area contributed by atoms with Gasteiger partial charge in [-0.05, 0) is 24.1 Å². The number of benzene rings is 2. The van der Waals surface area contributed by atoms with E-state index in [1.165, 1.54) is 0 Å². The quantitative estimate of drug-likeness (QED) is 0.689. The van der Waals surface area contributed by atoms with Crippen LogP contribution in [0.25, 0.3) is 22.2 Å². The molecule has 0 saturated carbocycles. The Kier molecular flexibility index (Phi) is 4.02. The highest BCUT2D eigenvalue weighted by Gasteiger charge is 2.42. The maximum absolute atomic E-state index is 12.7. The molecule has 0 fully saturated rings. The SMILES string of the molecule is N#C[C@@H]1C(=N)OC2=C(C(=O)CCC2)[C@H]1c1ccc2noc(-c3ccccc3)c2c1. The van der Waals surface area contributed by atoms with Crippen molar-refractivity contribution in [1.82, 2.24) is 5.16 Å². The number of carbonyl (C=O) groups is 1. The van der Waals surface area contributed by atoms with Gasteiger partial charge in [0.2, 0.25) is 5.90 Å². The molecule has 0 bridgehead atoms. The molecule has 0 spiro atoms. The van der Waals surface area contributed by atoms with Gasteiger partial charge in [0.15, 0.2) is 11.5 Å². The monoisotopic (exact) mass is 383 g/mol. The number of nitrogens with zero attached hydrogens (tertiary/aromatic N) is 2. The maximum Gasteiger partial charge on any atom is 0.205 e. The molecule has 142 valence electrons. The first-order valence-electron chi connectivity index (χ1n) is 9.54. The number of fused-ring (bicyclic) bond motifs is 1. The molecule has 2 aliphatic rings. The molecule has 2 aromatic carbocycles. The lowest BCUT2D eigenvalue weighted by atomic mass is 9.74. The summed E-state index contributed by atoms with van der Waals surface area (Å²) in [6.07, 6.45) is 1.76. The second-order valence-corrected chi connectivity index (χ2v) is 7.32. The second-order valence-electron chi connectivity index (χ2n) is 7.32. The molecule has 2 atom stereocenters. The molecule has 0 saturated heterocycles. The van der Waals surface area contributed by atoms with Crippen molar-refractivity contribution in [2.24, 2.45) is 5.92 Å². The Balaban J connectivity index is 1.70. The lowest BCUT2D eigenvalue weighted by molar-refractivity contribution is -0.116. The number of nitrogens with one attached hydrogen (secondary N) is 1. The van der Waals surface area contributed by atoms with Crippen molar-refractivity contribution in [3.8, 4) is 17.4 Å². The van der Waals surface area contributed by atoms with E-state index >= 15 is 0 Å². The molecular weight excluding hydrogens is 366 g/mol. The van der Waals surface area contributed by atoms with Crippen LogP contribution in [0.3, 0.4) is 0 Å². The Morgan fingerprint density at radius 2 is 1.97 bits per heavy atom. The molecule has 1 N–H and O–H groups in total. The maximum atomic E-state index is 12.7. The number of hydrogen-bond donors (Lipinski definition) is 1. The Labute approximate surface area is 166 Å². The number of allylic oxidation sites excluding steroid dienone is 2. The van der Waals surface area contributed by atoms with Crippen molar-refractivity contribution in [3.63, 3.8) is 0 Å². The Morgan fingerprint density at radius 3 is 2.76 bits per heavy atom. The fourth-order valence-corrected chi connectivity index (χ4v) is 4.24. The van der Waals surface area contributed by atoms with Crippen LogP contribution in [-0.2, 0) is 9.53 Å². The molecule has 3 aromatic rings. The molecular formula is C23H17N3O3. The molecule has 1 aliphatic heterocycles.